The van der Waals surface area contributed by atoms with E-state index in [1.54, 1.807) is 57.1 Å². The lowest BCUT2D eigenvalue weighted by atomic mass is 10.1. The van der Waals surface area contributed by atoms with Gasteiger partial charge in [0.25, 0.3) is 0 Å². The van der Waals surface area contributed by atoms with Gasteiger partial charge in [-0.2, -0.15) is 0 Å². The number of carbonyl (C=O) groups is 7. The van der Waals surface area contributed by atoms with Gasteiger partial charge in [0.1, 0.15) is 18.1 Å². The van der Waals surface area contributed by atoms with Gasteiger partial charge in [0.15, 0.2) is 0 Å². The maximum absolute atomic E-state index is 13.7. The minimum absolute atomic E-state index is 0.0452. The Morgan fingerprint density at radius 1 is 0.868 bits per heavy atom. The Morgan fingerprint density at radius 3 is 2.06 bits per heavy atom. The van der Waals surface area contributed by atoms with E-state index < -0.39 is 60.0 Å². The summed E-state index contributed by atoms with van der Waals surface area (Å²) >= 11 is 0. The molecule has 0 spiro atoms. The van der Waals surface area contributed by atoms with Gasteiger partial charge < -0.3 is 57.2 Å². The second kappa shape index (κ2) is 19.0. The summed E-state index contributed by atoms with van der Waals surface area (Å²) in [5, 5.41) is 16.9. The summed E-state index contributed by atoms with van der Waals surface area (Å²) in [6.07, 6.45) is 3.34. The van der Waals surface area contributed by atoms with Gasteiger partial charge in [-0.1, -0.05) is 0 Å². The van der Waals surface area contributed by atoms with Crippen LogP contribution in [0, 0.1) is 0 Å². The maximum Gasteiger partial charge on any atom is 0.322 e. The monoisotopic (exact) mass is 759 g/mol. The summed E-state index contributed by atoms with van der Waals surface area (Å²) in [5.41, 5.74) is 6.46. The van der Waals surface area contributed by atoms with Crippen molar-refractivity contribution < 1.29 is 33.6 Å². The van der Waals surface area contributed by atoms with Crippen LogP contribution in [0.1, 0.15) is 46.0 Å². The molecule has 4 rings (SSSR count). The molecule has 3 aliphatic rings. The van der Waals surface area contributed by atoms with E-state index in [9.17, 15) is 33.6 Å². The van der Waals surface area contributed by atoms with Gasteiger partial charge in [-0.05, 0) is 84.3 Å². The molecule has 3 fully saturated rings. The highest BCUT2D eigenvalue weighted by Gasteiger charge is 2.45. The highest BCUT2D eigenvalue weighted by atomic mass is 31.0. The zero-order valence-corrected chi connectivity index (χ0v) is 32.0. The summed E-state index contributed by atoms with van der Waals surface area (Å²) in [4.78, 5) is 97.7. The summed E-state index contributed by atoms with van der Waals surface area (Å²) in [6, 6.07) is 1.19. The number of fused-ring (bicyclic) bond motifs is 1. The molecule has 3 heterocycles. The van der Waals surface area contributed by atoms with Gasteiger partial charge in [-0.25, -0.2) is 9.59 Å². The molecule has 0 aliphatic carbocycles. The normalized spacial score (nSPS) is 21.7. The number of hydrogen-bond donors (Lipinski definition) is 7. The highest BCUT2D eigenvalue weighted by molar-refractivity contribution is 7.16. The van der Waals surface area contributed by atoms with Crippen molar-refractivity contribution in [2.75, 3.05) is 63.7 Å². The predicted octanol–water partition coefficient (Wildman–Crippen LogP) is -0.757. The first-order valence-corrected chi connectivity index (χ1v) is 18.9. The summed E-state index contributed by atoms with van der Waals surface area (Å²) in [6.45, 7) is 4.61. The first-order valence-electron chi connectivity index (χ1n) is 18.0. The number of anilines is 2. The van der Waals surface area contributed by atoms with Gasteiger partial charge in [0, 0.05) is 43.3 Å². The largest absolute Gasteiger partial charge is 0.368 e. The van der Waals surface area contributed by atoms with Crippen LogP contribution in [-0.2, 0) is 24.0 Å². The Morgan fingerprint density at radius 2 is 1.47 bits per heavy atom. The molecule has 3 saturated heterocycles. The molecule has 8 N–H and O–H groups in total. The third-order valence-corrected chi connectivity index (χ3v) is 10.5. The fraction of sp³-hybridized carbons (Fsp3) is 0.618. The first kappa shape index (κ1) is 41.2. The molecule has 9 amide bonds. The van der Waals surface area contributed by atoms with E-state index in [2.05, 4.69) is 41.1 Å². The van der Waals surface area contributed by atoms with Crippen molar-refractivity contribution in [3.63, 3.8) is 0 Å². The molecule has 3 aliphatic heterocycles. The van der Waals surface area contributed by atoms with Gasteiger partial charge in [0.2, 0.25) is 29.5 Å². The van der Waals surface area contributed by atoms with E-state index in [-0.39, 0.29) is 43.8 Å². The van der Waals surface area contributed by atoms with Crippen LogP contribution in [-0.4, -0.2) is 151 Å². The predicted molar refractivity (Wildman–Crippen MR) is 202 cm³/mol. The number of benzene rings is 1. The average molecular weight is 760 g/mol. The zero-order chi connectivity index (χ0) is 38.8. The number of primary amides is 1. The Bertz CT molecular complexity index is 1510. The Kier molecular flexibility index (Phi) is 14.8. The Labute approximate surface area is 312 Å². The average Bonchev–Trinajstić information content (AvgIpc) is 3.84. The smallest absolute Gasteiger partial charge is 0.322 e. The van der Waals surface area contributed by atoms with Crippen LogP contribution in [0.4, 0.5) is 21.0 Å². The molecule has 7 atom stereocenters. The van der Waals surface area contributed by atoms with E-state index in [0.29, 0.717) is 43.7 Å². The summed E-state index contributed by atoms with van der Waals surface area (Å²) in [7, 11) is 5.73. The topological polar surface area (TPSA) is 231 Å². The fourth-order valence-corrected chi connectivity index (χ4v) is 6.96. The van der Waals surface area contributed by atoms with E-state index in [0.717, 1.165) is 12.8 Å². The van der Waals surface area contributed by atoms with Crippen LogP contribution >= 0.6 is 9.24 Å². The molecule has 18 nitrogen and oxygen atoms in total. The third-order valence-electron chi connectivity index (χ3n) is 10.1. The molecule has 0 bridgehead atoms. The van der Waals surface area contributed by atoms with E-state index >= 15 is 0 Å². The molecule has 0 radical (unpaired) electrons. The lowest BCUT2D eigenvalue weighted by molar-refractivity contribution is -0.144. The van der Waals surface area contributed by atoms with E-state index in [1.165, 1.54) is 14.7 Å². The van der Waals surface area contributed by atoms with Crippen molar-refractivity contribution in [3.8, 4) is 0 Å². The van der Waals surface area contributed by atoms with Crippen LogP contribution in [0.5, 0.6) is 0 Å². The molecule has 19 heteroatoms. The molecular formula is C34H54N11O7P. The fourth-order valence-electron chi connectivity index (χ4n) is 6.65. The third kappa shape index (κ3) is 10.5. The molecular weight excluding hydrogens is 705 g/mol. The number of nitrogens with two attached hydrogens (primary N) is 1. The number of likely N-dealkylation sites (N-methyl/N-ethyl adjacent to an activating group) is 2. The summed E-state index contributed by atoms with van der Waals surface area (Å²) < 4.78 is 0. The maximum atomic E-state index is 13.7. The van der Waals surface area contributed by atoms with Crippen molar-refractivity contribution >= 4 is 62.2 Å². The molecule has 0 saturated carbocycles. The number of hydrogen-bond acceptors (Lipinski definition) is 9. The quantitative estimate of drug-likeness (QED) is 0.125. The standard InChI is InChI=1S/C34H54N11O7P/c1-20(36-3)29(47)40-25(31(49)42-14-5-6-15-42)18-44(19-53)34(52)39-23-9-7-22(8-10-23)38-33(51)43-16-13-24-11-12-27(28(35)46)45(24)32(50)26(17-43)41-30(48)21(2)37-4/h7-10,20-21,24-27,36-37H,5-6,11-19,53H2,1-4H3,(H2,35,46)(H,38,51)(H,39,52)(H,40,47)(H,41,48)/t20-,21?,24+,25+,26-,27-/m0/s1. The van der Waals surface area contributed by atoms with Crippen LogP contribution in [0.15, 0.2) is 24.3 Å². The first-order chi connectivity index (χ1) is 25.3. The summed E-state index contributed by atoms with van der Waals surface area (Å²) in [5.74, 6) is -2.10. The van der Waals surface area contributed by atoms with Gasteiger partial charge in [-0.15, -0.1) is 9.24 Å². The minimum atomic E-state index is -1.10. The van der Waals surface area contributed by atoms with Crippen LogP contribution < -0.4 is 37.6 Å². The van der Waals surface area contributed by atoms with Gasteiger partial charge in [0.05, 0.1) is 25.2 Å². The number of nitrogens with one attached hydrogen (secondary N) is 6. The van der Waals surface area contributed by atoms with E-state index in [4.69, 9.17) is 5.73 Å². The minimum Gasteiger partial charge on any atom is -0.368 e. The molecule has 2 unspecified atom stereocenters. The number of nitrogens with zero attached hydrogens (tertiary/aromatic N) is 4. The van der Waals surface area contributed by atoms with Gasteiger partial charge >= 0.3 is 12.1 Å². The number of rotatable bonds is 13. The number of amides is 9. The molecule has 53 heavy (non-hydrogen) atoms. The SMILES string of the molecule is CNC(C)C(=O)N[C@H]1CN(C(=O)Nc2ccc(NC(=O)N(CP)C[C@@H](NC(=O)[C@H](C)NC)C(=O)N3CCCC3)cc2)CC[C@H]2CC[C@@H](C(N)=O)N2C1=O. The second-order valence-corrected chi connectivity index (χ2v) is 14.0. The number of carbonyl (C=O) groups excluding carboxylic acids is 7. The number of likely N-dealkylation sites (tertiary alicyclic amines) is 1. The van der Waals surface area contributed by atoms with Crippen molar-refractivity contribution in [2.45, 2.75) is 82.2 Å². The lowest BCUT2D eigenvalue weighted by Crippen LogP contribution is -2.62. The molecule has 0 aromatic heterocycles. The van der Waals surface area contributed by atoms with Crippen molar-refractivity contribution in [2.24, 2.45) is 5.73 Å². The molecule has 292 valence electrons. The van der Waals surface area contributed by atoms with Crippen LogP contribution in [0.3, 0.4) is 0 Å². The lowest BCUT2D eigenvalue weighted by Gasteiger charge is -2.38. The molecule has 1 aromatic carbocycles. The van der Waals surface area contributed by atoms with Gasteiger partial charge in [-0.3, -0.25) is 24.0 Å². The van der Waals surface area contributed by atoms with Crippen molar-refractivity contribution in [1.29, 1.82) is 0 Å². The Balaban J connectivity index is 1.41. The molecule has 1 aromatic rings. The van der Waals surface area contributed by atoms with Crippen molar-refractivity contribution in [3.05, 3.63) is 24.3 Å². The highest BCUT2D eigenvalue weighted by Crippen LogP contribution is 2.29. The van der Waals surface area contributed by atoms with Crippen molar-refractivity contribution in [1.82, 2.24) is 40.9 Å². The Hall–Kier alpha value is -4.54. The zero-order valence-electron chi connectivity index (χ0n) is 30.9. The second-order valence-electron chi connectivity index (χ2n) is 13.6. The van der Waals surface area contributed by atoms with E-state index in [1.807, 2.05) is 0 Å². The van der Waals surface area contributed by atoms with Crippen LogP contribution in [0.25, 0.3) is 0 Å². The van der Waals surface area contributed by atoms with Crippen LogP contribution in [0.2, 0.25) is 0 Å². The number of urea groups is 2.